The van der Waals surface area contributed by atoms with E-state index >= 15 is 0 Å². The first kappa shape index (κ1) is 18.0. The van der Waals surface area contributed by atoms with E-state index in [1.807, 2.05) is 42.2 Å². The molecule has 1 amide bonds. The van der Waals surface area contributed by atoms with Gasteiger partial charge in [-0.1, -0.05) is 30.3 Å². The van der Waals surface area contributed by atoms with Crippen LogP contribution in [0.2, 0.25) is 0 Å². The maximum atomic E-state index is 12.9. The minimum atomic E-state index is 0.0950. The number of aromatic nitrogens is 1. The number of hydrogen-bond acceptors (Lipinski definition) is 5. The molecule has 2 heterocycles. The zero-order valence-electron chi connectivity index (χ0n) is 14.6. The third-order valence-electron chi connectivity index (χ3n) is 4.44. The summed E-state index contributed by atoms with van der Waals surface area (Å²) in [6.45, 7) is 4.77. The molecule has 0 bridgehead atoms. The number of rotatable bonds is 6. The molecular weight excluding hydrogens is 334 g/mol. The first-order valence-electron chi connectivity index (χ1n) is 8.83. The number of ether oxygens (including phenoxy) is 1. The quantitative estimate of drug-likeness (QED) is 0.805. The van der Waals surface area contributed by atoms with Crippen molar-refractivity contribution in [1.29, 1.82) is 0 Å². The first-order valence-corrected chi connectivity index (χ1v) is 9.64. The maximum absolute atomic E-state index is 12.9. The van der Waals surface area contributed by atoms with E-state index < -0.39 is 0 Å². The van der Waals surface area contributed by atoms with Gasteiger partial charge < -0.3 is 15.4 Å². The van der Waals surface area contributed by atoms with Crippen LogP contribution >= 0.6 is 11.3 Å². The number of aryl methyl sites for hydroxylation is 1. The van der Waals surface area contributed by atoms with E-state index in [2.05, 4.69) is 4.98 Å². The Balaban J connectivity index is 1.62. The van der Waals surface area contributed by atoms with Crippen molar-refractivity contribution >= 4 is 17.2 Å². The number of amides is 1. The Labute approximate surface area is 152 Å². The topological polar surface area (TPSA) is 68.5 Å². The Bertz CT molecular complexity index is 694. The lowest BCUT2D eigenvalue weighted by Gasteiger charge is -2.31. The van der Waals surface area contributed by atoms with E-state index in [0.29, 0.717) is 13.2 Å². The van der Waals surface area contributed by atoms with Gasteiger partial charge in [-0.2, -0.15) is 0 Å². The molecule has 1 aromatic carbocycles. The van der Waals surface area contributed by atoms with Crippen LogP contribution < -0.4 is 5.73 Å². The molecule has 5 nitrogen and oxygen atoms in total. The maximum Gasteiger partial charge on any atom is 0.265 e. The molecule has 0 spiro atoms. The van der Waals surface area contributed by atoms with Crippen molar-refractivity contribution < 1.29 is 9.53 Å². The molecule has 1 aliphatic heterocycles. The van der Waals surface area contributed by atoms with Gasteiger partial charge in [-0.05, 0) is 32.7 Å². The van der Waals surface area contributed by atoms with Gasteiger partial charge in [-0.3, -0.25) is 4.79 Å². The lowest BCUT2D eigenvalue weighted by molar-refractivity contribution is 0.00855. The molecule has 0 atom stereocenters. The normalized spacial score (nSPS) is 15.5. The monoisotopic (exact) mass is 359 g/mol. The summed E-state index contributed by atoms with van der Waals surface area (Å²) in [7, 11) is 0. The molecular formula is C19H25N3O2S. The molecule has 1 aromatic heterocycles. The Morgan fingerprint density at radius 2 is 2.04 bits per heavy atom. The van der Waals surface area contributed by atoms with Crippen molar-refractivity contribution in [1.82, 2.24) is 9.88 Å². The summed E-state index contributed by atoms with van der Waals surface area (Å²) in [4.78, 5) is 20.1. The predicted octanol–water partition coefficient (Wildman–Crippen LogP) is 3.09. The molecule has 0 saturated carbocycles. The van der Waals surface area contributed by atoms with Gasteiger partial charge in [0.05, 0.1) is 11.8 Å². The Hall–Kier alpha value is -1.76. The second-order valence-corrected chi connectivity index (χ2v) is 7.30. The Morgan fingerprint density at radius 1 is 1.32 bits per heavy atom. The smallest absolute Gasteiger partial charge is 0.265 e. The van der Waals surface area contributed by atoms with Crippen molar-refractivity contribution in [3.05, 3.63) is 40.9 Å². The lowest BCUT2D eigenvalue weighted by atomic mass is 10.1. The number of piperidine rings is 1. The molecule has 3 rings (SSSR count). The zero-order chi connectivity index (χ0) is 17.6. The molecule has 25 heavy (non-hydrogen) atoms. The second kappa shape index (κ2) is 8.56. The molecule has 0 radical (unpaired) electrons. The number of likely N-dealkylation sites (tertiary alicyclic amines) is 1. The van der Waals surface area contributed by atoms with E-state index in [1.165, 1.54) is 11.3 Å². The third-order valence-corrected chi connectivity index (χ3v) is 5.64. The van der Waals surface area contributed by atoms with Crippen molar-refractivity contribution in [3.8, 4) is 10.6 Å². The largest absolute Gasteiger partial charge is 0.378 e. The van der Waals surface area contributed by atoms with Crippen LogP contribution in [-0.4, -0.2) is 48.1 Å². The second-order valence-electron chi connectivity index (χ2n) is 6.30. The summed E-state index contributed by atoms with van der Waals surface area (Å²) in [6.07, 6.45) is 2.92. The van der Waals surface area contributed by atoms with Crippen LogP contribution in [0.15, 0.2) is 30.3 Å². The van der Waals surface area contributed by atoms with Gasteiger partial charge in [0.1, 0.15) is 9.88 Å². The van der Waals surface area contributed by atoms with Crippen LogP contribution in [0.4, 0.5) is 0 Å². The molecule has 1 fully saturated rings. The van der Waals surface area contributed by atoms with Gasteiger partial charge in [0.2, 0.25) is 0 Å². The van der Waals surface area contributed by atoms with Gasteiger partial charge >= 0.3 is 0 Å². The summed E-state index contributed by atoms with van der Waals surface area (Å²) < 4.78 is 5.82. The minimum absolute atomic E-state index is 0.0950. The summed E-state index contributed by atoms with van der Waals surface area (Å²) in [6, 6.07) is 10.0. The highest BCUT2D eigenvalue weighted by Crippen LogP contribution is 2.29. The minimum Gasteiger partial charge on any atom is -0.378 e. The van der Waals surface area contributed by atoms with E-state index in [9.17, 15) is 4.79 Å². The Morgan fingerprint density at radius 3 is 2.72 bits per heavy atom. The molecule has 6 heteroatoms. The van der Waals surface area contributed by atoms with Crippen LogP contribution in [0, 0.1) is 6.92 Å². The molecule has 1 aliphatic rings. The summed E-state index contributed by atoms with van der Waals surface area (Å²) in [5.74, 6) is 0.0950. The zero-order valence-corrected chi connectivity index (χ0v) is 15.4. The van der Waals surface area contributed by atoms with Gasteiger partial charge in [0.25, 0.3) is 5.91 Å². The van der Waals surface area contributed by atoms with Crippen LogP contribution in [0.1, 0.15) is 34.6 Å². The number of nitrogens with two attached hydrogens (primary N) is 1. The number of thiazole rings is 1. The fourth-order valence-corrected chi connectivity index (χ4v) is 4.04. The van der Waals surface area contributed by atoms with Crippen LogP contribution in [0.25, 0.3) is 10.6 Å². The SMILES string of the molecule is Cc1nc(-c2ccccc2)sc1C(=O)N1CCC(OCCCN)CC1. The summed E-state index contributed by atoms with van der Waals surface area (Å²) in [5, 5.41) is 0.904. The fourth-order valence-electron chi connectivity index (χ4n) is 3.00. The van der Waals surface area contributed by atoms with Crippen molar-refractivity contribution in [3.63, 3.8) is 0 Å². The predicted molar refractivity (Wildman–Crippen MR) is 101 cm³/mol. The molecule has 0 aliphatic carbocycles. The highest BCUT2D eigenvalue weighted by Gasteiger charge is 2.26. The molecule has 0 unspecified atom stereocenters. The highest BCUT2D eigenvalue weighted by molar-refractivity contribution is 7.17. The van der Waals surface area contributed by atoms with Crippen molar-refractivity contribution in [2.75, 3.05) is 26.2 Å². The molecule has 1 saturated heterocycles. The number of benzene rings is 1. The van der Waals surface area contributed by atoms with Gasteiger partial charge in [-0.15, -0.1) is 11.3 Å². The van der Waals surface area contributed by atoms with Gasteiger partial charge in [0.15, 0.2) is 0 Å². The number of carbonyl (C=O) groups is 1. The molecule has 134 valence electrons. The number of nitrogens with zero attached hydrogens (tertiary/aromatic N) is 2. The highest BCUT2D eigenvalue weighted by atomic mass is 32.1. The van der Waals surface area contributed by atoms with Crippen LogP contribution in [0.3, 0.4) is 0 Å². The molecule has 2 aromatic rings. The van der Waals surface area contributed by atoms with E-state index in [-0.39, 0.29) is 12.0 Å². The van der Waals surface area contributed by atoms with Gasteiger partial charge in [-0.25, -0.2) is 4.98 Å². The average Bonchev–Trinajstić information content (AvgIpc) is 3.04. The lowest BCUT2D eigenvalue weighted by Crippen LogP contribution is -2.41. The molecule has 2 N–H and O–H groups in total. The fraction of sp³-hybridized carbons (Fsp3) is 0.474. The van der Waals surface area contributed by atoms with Crippen LogP contribution in [-0.2, 0) is 4.74 Å². The summed E-state index contributed by atoms with van der Waals surface area (Å²) >= 11 is 1.48. The third kappa shape index (κ3) is 4.45. The number of carbonyl (C=O) groups excluding carboxylic acids is 1. The van der Waals surface area contributed by atoms with E-state index in [1.54, 1.807) is 0 Å². The first-order chi connectivity index (χ1) is 12.2. The summed E-state index contributed by atoms with van der Waals surface area (Å²) in [5.41, 5.74) is 7.36. The van der Waals surface area contributed by atoms with Gasteiger partial charge in [0, 0.05) is 25.3 Å². The van der Waals surface area contributed by atoms with Crippen LogP contribution in [0.5, 0.6) is 0 Å². The van der Waals surface area contributed by atoms with E-state index in [0.717, 1.165) is 53.5 Å². The van der Waals surface area contributed by atoms with Crippen molar-refractivity contribution in [2.24, 2.45) is 5.73 Å². The Kier molecular flexibility index (Phi) is 6.18. The van der Waals surface area contributed by atoms with Crippen molar-refractivity contribution in [2.45, 2.75) is 32.3 Å². The standard InChI is InChI=1S/C19H25N3O2S/c1-14-17(25-18(21-14)15-6-3-2-4-7-15)19(23)22-11-8-16(9-12-22)24-13-5-10-20/h2-4,6-7,16H,5,8-13,20H2,1H3. The average molecular weight is 359 g/mol. The number of hydrogen-bond donors (Lipinski definition) is 1. The van der Waals surface area contributed by atoms with E-state index in [4.69, 9.17) is 10.5 Å².